The van der Waals surface area contributed by atoms with Crippen LogP contribution >= 0.6 is 0 Å². The van der Waals surface area contributed by atoms with E-state index in [1.807, 2.05) is 24.3 Å². The number of carbonyl (C=O) groups excluding carboxylic acids is 1. The van der Waals surface area contributed by atoms with Gasteiger partial charge in [0.2, 0.25) is 5.91 Å². The summed E-state index contributed by atoms with van der Waals surface area (Å²) < 4.78 is 18.2. The van der Waals surface area contributed by atoms with E-state index in [-0.39, 0.29) is 23.6 Å². The van der Waals surface area contributed by atoms with Crippen LogP contribution < -0.4 is 19.5 Å². The molecule has 2 aromatic carbocycles. The first kappa shape index (κ1) is 20.3. The number of carboxylic acid groups (broad SMARTS) is 1. The number of aromatic carboxylic acids is 1. The Labute approximate surface area is 179 Å². The van der Waals surface area contributed by atoms with Gasteiger partial charge in [-0.25, -0.2) is 4.79 Å². The molecule has 1 aliphatic rings. The number of carbonyl (C=O) groups is 2. The summed E-state index contributed by atoms with van der Waals surface area (Å²) in [6.45, 7) is 0. The number of anilines is 1. The van der Waals surface area contributed by atoms with Crippen LogP contribution in [-0.4, -0.2) is 42.9 Å². The first-order valence-electron chi connectivity index (χ1n) is 9.62. The van der Waals surface area contributed by atoms with Crippen molar-refractivity contribution in [2.45, 2.75) is 12.3 Å². The minimum atomic E-state index is -1.14. The maximum absolute atomic E-state index is 12.6. The second-order valence-electron chi connectivity index (χ2n) is 7.06. The van der Waals surface area contributed by atoms with Gasteiger partial charge in [0.1, 0.15) is 22.8 Å². The number of fused-ring (bicyclic) bond motifs is 1. The normalized spacial score (nSPS) is 15.1. The van der Waals surface area contributed by atoms with Crippen molar-refractivity contribution in [3.05, 3.63) is 65.5 Å². The molecule has 0 aliphatic carbocycles. The highest BCUT2D eigenvalue weighted by Crippen LogP contribution is 2.45. The van der Waals surface area contributed by atoms with Gasteiger partial charge in [0, 0.05) is 30.2 Å². The molecule has 3 aromatic rings. The van der Waals surface area contributed by atoms with Gasteiger partial charge < -0.3 is 29.2 Å². The number of carboxylic acids is 1. The van der Waals surface area contributed by atoms with Crippen LogP contribution in [0.1, 0.15) is 34.0 Å². The highest BCUT2D eigenvalue weighted by molar-refractivity contribution is 6.04. The number of methoxy groups -OCH3 is 3. The first-order chi connectivity index (χ1) is 15.0. The number of aromatic nitrogens is 1. The van der Waals surface area contributed by atoms with Gasteiger partial charge in [-0.3, -0.25) is 4.79 Å². The highest BCUT2D eigenvalue weighted by Gasteiger charge is 2.36. The van der Waals surface area contributed by atoms with Crippen molar-refractivity contribution in [2.24, 2.45) is 0 Å². The Morgan fingerprint density at radius 1 is 1.06 bits per heavy atom. The summed E-state index contributed by atoms with van der Waals surface area (Å²) in [4.78, 5) is 24.6. The molecule has 8 nitrogen and oxygen atoms in total. The van der Waals surface area contributed by atoms with Gasteiger partial charge in [-0.05, 0) is 18.2 Å². The first-order valence-corrected chi connectivity index (χ1v) is 9.62. The number of benzene rings is 2. The zero-order valence-electron chi connectivity index (χ0n) is 17.3. The van der Waals surface area contributed by atoms with Crippen LogP contribution in [0.3, 0.4) is 0 Å². The zero-order valence-corrected chi connectivity index (χ0v) is 17.3. The number of rotatable bonds is 6. The molecule has 2 N–H and O–H groups in total. The monoisotopic (exact) mass is 422 g/mol. The van der Waals surface area contributed by atoms with E-state index in [4.69, 9.17) is 14.2 Å². The maximum Gasteiger partial charge on any atom is 0.339 e. The van der Waals surface area contributed by atoms with Crippen LogP contribution in [0.4, 0.5) is 5.69 Å². The van der Waals surface area contributed by atoms with E-state index in [0.717, 1.165) is 5.56 Å². The Kier molecular flexibility index (Phi) is 5.29. The zero-order chi connectivity index (χ0) is 22.1. The molecule has 8 heteroatoms. The van der Waals surface area contributed by atoms with Gasteiger partial charge >= 0.3 is 5.97 Å². The van der Waals surface area contributed by atoms with Gasteiger partial charge in [-0.1, -0.05) is 18.2 Å². The summed E-state index contributed by atoms with van der Waals surface area (Å²) in [5.41, 5.74) is 2.28. The topological polar surface area (TPSA) is 99.0 Å². The fourth-order valence-electron chi connectivity index (χ4n) is 4.03. The Balaban J connectivity index is 2.03. The van der Waals surface area contributed by atoms with E-state index in [9.17, 15) is 14.7 Å². The quantitative estimate of drug-likeness (QED) is 0.629. The molecule has 0 unspecified atom stereocenters. The van der Waals surface area contributed by atoms with E-state index >= 15 is 0 Å². The lowest BCUT2D eigenvalue weighted by molar-refractivity contribution is -0.116. The minimum Gasteiger partial charge on any atom is -0.497 e. The lowest BCUT2D eigenvalue weighted by Gasteiger charge is -2.27. The van der Waals surface area contributed by atoms with Crippen molar-refractivity contribution in [3.8, 4) is 22.9 Å². The summed E-state index contributed by atoms with van der Waals surface area (Å²) in [5.74, 6) is -0.0894. The van der Waals surface area contributed by atoms with Gasteiger partial charge in [0.15, 0.2) is 0 Å². The number of nitrogens with zero attached hydrogens (tertiary/aromatic N) is 1. The Bertz CT molecular complexity index is 1170. The van der Waals surface area contributed by atoms with E-state index in [1.54, 1.807) is 44.1 Å². The fraction of sp³-hybridized carbons (Fsp3) is 0.217. The van der Waals surface area contributed by atoms with Crippen molar-refractivity contribution >= 4 is 17.6 Å². The molecule has 31 heavy (non-hydrogen) atoms. The molecule has 1 aromatic heterocycles. The van der Waals surface area contributed by atoms with Crippen LogP contribution in [0.25, 0.3) is 5.69 Å². The third-order valence-electron chi connectivity index (χ3n) is 5.42. The third kappa shape index (κ3) is 3.46. The molecule has 0 bridgehead atoms. The number of hydrogen-bond acceptors (Lipinski definition) is 5. The predicted molar refractivity (Wildman–Crippen MR) is 114 cm³/mol. The third-order valence-corrected chi connectivity index (χ3v) is 5.42. The molecule has 0 spiro atoms. The minimum absolute atomic E-state index is 0.00665. The van der Waals surface area contributed by atoms with Crippen molar-refractivity contribution in [2.75, 3.05) is 26.6 Å². The fourth-order valence-corrected chi connectivity index (χ4v) is 4.03. The van der Waals surface area contributed by atoms with Gasteiger partial charge in [-0.15, -0.1) is 0 Å². The molecule has 1 amide bonds. The molecule has 0 fully saturated rings. The average Bonchev–Trinajstić information content (AvgIpc) is 3.17. The van der Waals surface area contributed by atoms with Crippen molar-refractivity contribution in [1.82, 2.24) is 4.57 Å². The number of nitrogens with one attached hydrogen (secondary N) is 1. The average molecular weight is 422 g/mol. The summed E-state index contributed by atoms with van der Waals surface area (Å²) in [6, 6.07) is 12.7. The smallest absolute Gasteiger partial charge is 0.339 e. The number of para-hydroxylation sites is 1. The SMILES string of the molecule is COc1ccc(OC)c(-n2cc(C(=O)O)c3c2[C@H](c2ccccc2OC)CC(=O)N3)c1. The van der Waals surface area contributed by atoms with E-state index in [0.29, 0.717) is 28.6 Å². The largest absolute Gasteiger partial charge is 0.497 e. The maximum atomic E-state index is 12.6. The van der Waals surface area contributed by atoms with Crippen LogP contribution in [0.15, 0.2) is 48.7 Å². The lowest BCUT2D eigenvalue weighted by atomic mass is 9.87. The van der Waals surface area contributed by atoms with Crippen LogP contribution in [0, 0.1) is 0 Å². The summed E-state index contributed by atoms with van der Waals surface area (Å²) >= 11 is 0. The Morgan fingerprint density at radius 2 is 1.81 bits per heavy atom. The van der Waals surface area contributed by atoms with Crippen LogP contribution in [-0.2, 0) is 4.79 Å². The van der Waals surface area contributed by atoms with E-state index in [1.165, 1.54) is 6.20 Å². The molecule has 0 saturated carbocycles. The van der Waals surface area contributed by atoms with E-state index in [2.05, 4.69) is 5.32 Å². The molecule has 160 valence electrons. The highest BCUT2D eigenvalue weighted by atomic mass is 16.5. The standard InChI is InChI=1S/C23H22N2O6/c1-29-13-8-9-19(31-3)17(10-13)25-12-16(23(27)28)21-22(25)15(11-20(26)24-21)14-6-4-5-7-18(14)30-2/h4-10,12,15H,11H2,1-3H3,(H,24,26)(H,27,28)/t15-/m0/s1. The second-order valence-corrected chi connectivity index (χ2v) is 7.06. The van der Waals surface area contributed by atoms with Crippen molar-refractivity contribution in [3.63, 3.8) is 0 Å². The molecule has 4 rings (SSSR count). The Hall–Kier alpha value is -3.94. The lowest BCUT2D eigenvalue weighted by Crippen LogP contribution is -2.25. The molecular formula is C23H22N2O6. The molecule has 1 atom stereocenters. The van der Waals surface area contributed by atoms with Gasteiger partial charge in [0.05, 0.1) is 38.4 Å². The van der Waals surface area contributed by atoms with Crippen LogP contribution in [0.2, 0.25) is 0 Å². The Morgan fingerprint density at radius 3 is 2.48 bits per heavy atom. The van der Waals surface area contributed by atoms with Crippen molar-refractivity contribution in [1.29, 1.82) is 0 Å². The number of hydrogen-bond donors (Lipinski definition) is 2. The molecular weight excluding hydrogens is 400 g/mol. The van der Waals surface area contributed by atoms with Crippen molar-refractivity contribution < 1.29 is 28.9 Å². The number of ether oxygens (including phenoxy) is 3. The molecule has 1 aliphatic heterocycles. The molecule has 0 radical (unpaired) electrons. The second kappa shape index (κ2) is 8.06. The predicted octanol–water partition coefficient (Wildman–Crippen LogP) is 3.68. The van der Waals surface area contributed by atoms with Gasteiger partial charge in [-0.2, -0.15) is 0 Å². The summed E-state index contributed by atoms with van der Waals surface area (Å²) in [6.07, 6.45) is 1.64. The summed E-state index contributed by atoms with van der Waals surface area (Å²) in [7, 11) is 4.66. The van der Waals surface area contributed by atoms with E-state index < -0.39 is 11.9 Å². The van der Waals surface area contributed by atoms with Crippen LogP contribution in [0.5, 0.6) is 17.2 Å². The molecule has 0 saturated heterocycles. The number of amides is 1. The van der Waals surface area contributed by atoms with Gasteiger partial charge in [0.25, 0.3) is 0 Å². The summed E-state index contributed by atoms with van der Waals surface area (Å²) in [5, 5.41) is 12.6. The molecule has 2 heterocycles.